The van der Waals surface area contributed by atoms with Crippen molar-refractivity contribution in [3.63, 3.8) is 0 Å². The second-order valence-electron chi connectivity index (χ2n) is 11.5. The number of nitrogens with one attached hydrogen (secondary N) is 1. The molecular weight excluding hydrogens is 706 g/mol. The number of carbonyl (C=O) groups is 4. The van der Waals surface area contributed by atoms with Crippen molar-refractivity contribution in [3.8, 4) is 0 Å². The minimum Gasteiger partial charge on any atom is -0.462 e. The average Bonchev–Trinajstić information content (AvgIpc) is 3.51. The quantitative estimate of drug-likeness (QED) is 0.117. The van der Waals surface area contributed by atoms with Gasteiger partial charge in [0.1, 0.15) is 18.3 Å². The van der Waals surface area contributed by atoms with E-state index in [9.17, 15) is 24.0 Å². The molecule has 1 aromatic heterocycles. The van der Waals surface area contributed by atoms with Crippen LogP contribution in [-0.2, 0) is 23.7 Å². The smallest absolute Gasteiger partial charge is 0.351 e. The van der Waals surface area contributed by atoms with Gasteiger partial charge in [0.2, 0.25) is 0 Å². The fraction of sp³-hybridized carbons (Fsp3) is 0.179. The number of hydrogen-bond acceptors (Lipinski definition) is 12. The molecule has 1 saturated heterocycles. The Labute approximate surface area is 308 Å². The van der Waals surface area contributed by atoms with Gasteiger partial charge in [0.05, 0.1) is 34.0 Å². The molecule has 1 N–H and O–H groups in total. The SMILES string of the molecule is CCOC(=O)c1cn(C2OC(COC(=O)c3ccccc3)C(OC(=O)c3ccccc3)C2OC(=O)c2ccccc2)c(=O)nc1Nc1ccccc1Cl. The number of para-hydroxylation sites is 1. The summed E-state index contributed by atoms with van der Waals surface area (Å²) in [5.41, 5.74) is -0.233. The van der Waals surface area contributed by atoms with Gasteiger partial charge in [-0.2, -0.15) is 4.98 Å². The predicted octanol–water partition coefficient (Wildman–Crippen LogP) is 6.02. The van der Waals surface area contributed by atoms with Gasteiger partial charge >= 0.3 is 29.6 Å². The molecule has 14 heteroatoms. The van der Waals surface area contributed by atoms with E-state index in [1.807, 2.05) is 0 Å². The largest absolute Gasteiger partial charge is 0.462 e. The number of hydrogen-bond donors (Lipinski definition) is 1. The van der Waals surface area contributed by atoms with Crippen LogP contribution in [0.5, 0.6) is 0 Å². The number of halogens is 1. The second kappa shape index (κ2) is 16.8. The first-order valence-electron chi connectivity index (χ1n) is 16.4. The summed E-state index contributed by atoms with van der Waals surface area (Å²) in [6, 6.07) is 30.8. The predicted molar refractivity (Wildman–Crippen MR) is 191 cm³/mol. The summed E-state index contributed by atoms with van der Waals surface area (Å²) in [6.07, 6.45) is -4.68. The Balaban J connectivity index is 1.43. The Hall–Kier alpha value is -6.31. The molecule has 4 unspecified atom stereocenters. The van der Waals surface area contributed by atoms with Crippen LogP contribution in [0.4, 0.5) is 11.5 Å². The van der Waals surface area contributed by atoms with Crippen molar-refractivity contribution in [1.82, 2.24) is 9.55 Å². The molecule has 270 valence electrons. The summed E-state index contributed by atoms with van der Waals surface area (Å²) < 4.78 is 30.0. The highest BCUT2D eigenvalue weighted by Crippen LogP contribution is 2.36. The van der Waals surface area contributed by atoms with Gasteiger partial charge in [0, 0.05) is 6.20 Å². The van der Waals surface area contributed by atoms with Gasteiger partial charge in [0.25, 0.3) is 0 Å². The highest BCUT2D eigenvalue weighted by atomic mass is 35.5. The summed E-state index contributed by atoms with van der Waals surface area (Å²) in [5, 5.41) is 3.19. The highest BCUT2D eigenvalue weighted by Gasteiger charge is 2.52. The van der Waals surface area contributed by atoms with Crippen LogP contribution < -0.4 is 11.0 Å². The molecule has 53 heavy (non-hydrogen) atoms. The average molecular weight is 738 g/mol. The molecule has 1 aliphatic heterocycles. The Morgan fingerprint density at radius 1 is 0.717 bits per heavy atom. The lowest BCUT2D eigenvalue weighted by Gasteiger charge is -2.25. The summed E-state index contributed by atoms with van der Waals surface area (Å²) in [5.74, 6) is -3.37. The molecule has 5 aromatic rings. The summed E-state index contributed by atoms with van der Waals surface area (Å²) in [6.45, 7) is 1.11. The number of rotatable bonds is 12. The fourth-order valence-corrected chi connectivity index (χ4v) is 5.66. The maximum absolute atomic E-state index is 13.9. The molecule has 0 spiro atoms. The molecule has 0 saturated carbocycles. The van der Waals surface area contributed by atoms with Crippen molar-refractivity contribution in [2.45, 2.75) is 31.5 Å². The van der Waals surface area contributed by atoms with E-state index in [-0.39, 0.29) is 39.7 Å². The number of nitrogens with zero attached hydrogens (tertiary/aromatic N) is 2. The fourth-order valence-electron chi connectivity index (χ4n) is 5.48. The molecule has 2 heterocycles. The molecule has 0 aliphatic carbocycles. The minimum atomic E-state index is -1.56. The Kier molecular flexibility index (Phi) is 11.6. The van der Waals surface area contributed by atoms with Crippen LogP contribution in [-0.4, -0.2) is 65.0 Å². The lowest BCUT2D eigenvalue weighted by Crippen LogP contribution is -2.42. The molecule has 1 fully saturated rings. The van der Waals surface area contributed by atoms with Gasteiger partial charge in [-0.1, -0.05) is 78.3 Å². The van der Waals surface area contributed by atoms with E-state index in [1.165, 1.54) is 24.3 Å². The number of aromatic nitrogens is 2. The van der Waals surface area contributed by atoms with Gasteiger partial charge in [-0.3, -0.25) is 4.57 Å². The van der Waals surface area contributed by atoms with E-state index in [0.717, 1.165) is 10.8 Å². The standard InChI is InChI=1S/C39H32ClN3O10/c1-2-49-38(47)27-22-43(39(48)42-33(27)41-29-21-13-12-20-28(29)40)34-32(53-37(46)26-18-10-5-11-19-26)31(52-36(45)25-16-8-4-9-17-25)30(51-34)23-50-35(44)24-14-6-3-7-15-24/h3-22,30-32,34H,2,23H2,1H3,(H,41,42,48). The van der Waals surface area contributed by atoms with E-state index in [2.05, 4.69) is 10.3 Å². The highest BCUT2D eigenvalue weighted by molar-refractivity contribution is 6.33. The number of benzene rings is 4. The van der Waals surface area contributed by atoms with E-state index < -0.39 is 60.7 Å². The topological polar surface area (TPSA) is 161 Å². The first-order chi connectivity index (χ1) is 25.7. The van der Waals surface area contributed by atoms with Crippen molar-refractivity contribution in [3.05, 3.63) is 159 Å². The molecule has 6 rings (SSSR count). The molecule has 1 aliphatic rings. The van der Waals surface area contributed by atoms with Gasteiger partial charge < -0.3 is 29.0 Å². The lowest BCUT2D eigenvalue weighted by atomic mass is 10.1. The van der Waals surface area contributed by atoms with E-state index in [0.29, 0.717) is 5.69 Å². The van der Waals surface area contributed by atoms with Crippen LogP contribution in [0.1, 0.15) is 54.6 Å². The normalized spacial score (nSPS) is 17.7. The van der Waals surface area contributed by atoms with Gasteiger partial charge in [0.15, 0.2) is 24.3 Å². The Morgan fingerprint density at radius 3 is 1.81 bits per heavy atom. The van der Waals surface area contributed by atoms with E-state index >= 15 is 0 Å². The summed E-state index contributed by atoms with van der Waals surface area (Å²) in [7, 11) is 0. The van der Waals surface area contributed by atoms with Crippen LogP contribution in [0.15, 0.2) is 126 Å². The van der Waals surface area contributed by atoms with Crippen molar-refractivity contribution in [2.24, 2.45) is 0 Å². The Morgan fingerprint density at radius 2 is 1.25 bits per heavy atom. The first-order valence-corrected chi connectivity index (χ1v) is 16.8. The van der Waals surface area contributed by atoms with Crippen molar-refractivity contribution >= 4 is 47.0 Å². The van der Waals surface area contributed by atoms with Crippen LogP contribution in [0.3, 0.4) is 0 Å². The number of carbonyl (C=O) groups excluding carboxylic acids is 4. The number of anilines is 2. The lowest BCUT2D eigenvalue weighted by molar-refractivity contribution is -0.0640. The van der Waals surface area contributed by atoms with Gasteiger partial charge in [-0.15, -0.1) is 0 Å². The third-order valence-corrected chi connectivity index (χ3v) is 8.36. The van der Waals surface area contributed by atoms with Crippen LogP contribution in [0.25, 0.3) is 0 Å². The molecule has 4 atom stereocenters. The third kappa shape index (κ3) is 8.60. The van der Waals surface area contributed by atoms with Crippen LogP contribution in [0.2, 0.25) is 5.02 Å². The van der Waals surface area contributed by atoms with Gasteiger partial charge in [-0.05, 0) is 55.5 Å². The monoisotopic (exact) mass is 737 g/mol. The van der Waals surface area contributed by atoms with Crippen molar-refractivity contribution < 1.29 is 42.9 Å². The van der Waals surface area contributed by atoms with Gasteiger partial charge in [-0.25, -0.2) is 24.0 Å². The zero-order chi connectivity index (χ0) is 37.3. The number of ether oxygens (including phenoxy) is 5. The van der Waals surface area contributed by atoms with Crippen LogP contribution >= 0.6 is 11.6 Å². The van der Waals surface area contributed by atoms with E-state index in [4.69, 9.17) is 35.3 Å². The molecule has 0 bridgehead atoms. The molecule has 4 aromatic carbocycles. The maximum Gasteiger partial charge on any atom is 0.351 e. The summed E-state index contributed by atoms with van der Waals surface area (Å²) in [4.78, 5) is 71.3. The second-order valence-corrected chi connectivity index (χ2v) is 11.9. The molecular formula is C39H32ClN3O10. The van der Waals surface area contributed by atoms with E-state index in [1.54, 1.807) is 97.9 Å². The molecule has 0 amide bonds. The summed E-state index contributed by atoms with van der Waals surface area (Å²) >= 11 is 6.33. The van der Waals surface area contributed by atoms with Crippen LogP contribution in [0, 0.1) is 0 Å². The zero-order valence-electron chi connectivity index (χ0n) is 28.1. The molecule has 0 radical (unpaired) electrons. The third-order valence-electron chi connectivity index (χ3n) is 8.03. The first kappa shape index (κ1) is 36.5. The maximum atomic E-state index is 13.9. The zero-order valence-corrected chi connectivity index (χ0v) is 28.9. The Bertz CT molecular complexity index is 2150. The minimum absolute atomic E-state index is 0.00684. The van der Waals surface area contributed by atoms with Crippen molar-refractivity contribution in [2.75, 3.05) is 18.5 Å². The molecule has 13 nitrogen and oxygen atoms in total. The number of esters is 4. The van der Waals surface area contributed by atoms with Crippen molar-refractivity contribution in [1.29, 1.82) is 0 Å².